The summed E-state index contributed by atoms with van der Waals surface area (Å²) in [5.74, 6) is -1.01. The molecule has 0 saturated heterocycles. The Morgan fingerprint density at radius 2 is 1.60 bits per heavy atom. The first-order chi connectivity index (χ1) is 9.54. The smallest absolute Gasteiger partial charge is 0.292 e. The molecule has 0 radical (unpaired) electrons. The Balaban J connectivity index is 2.01. The molecule has 1 N–H and O–H groups in total. The van der Waals surface area contributed by atoms with Crippen molar-refractivity contribution in [2.24, 2.45) is 0 Å². The molecule has 1 amide bonds. The summed E-state index contributed by atoms with van der Waals surface area (Å²) in [6.45, 7) is 3.89. The van der Waals surface area contributed by atoms with E-state index >= 15 is 0 Å². The third-order valence-corrected chi connectivity index (χ3v) is 2.98. The van der Waals surface area contributed by atoms with Gasteiger partial charge in [-0.25, -0.2) is 0 Å². The fraction of sp³-hybridized carbons (Fsp3) is 0.176. The number of anilines is 1. The van der Waals surface area contributed by atoms with E-state index in [-0.39, 0.29) is 6.42 Å². The highest BCUT2D eigenvalue weighted by molar-refractivity contribution is 6.41. The van der Waals surface area contributed by atoms with Crippen molar-refractivity contribution < 1.29 is 9.59 Å². The molecule has 0 aliphatic rings. The number of aryl methyl sites for hydroxylation is 2. The van der Waals surface area contributed by atoms with Crippen molar-refractivity contribution in [2.45, 2.75) is 20.3 Å². The van der Waals surface area contributed by atoms with Gasteiger partial charge in [0.2, 0.25) is 5.78 Å². The van der Waals surface area contributed by atoms with E-state index in [0.717, 1.165) is 16.7 Å². The first-order valence-corrected chi connectivity index (χ1v) is 6.51. The Morgan fingerprint density at radius 1 is 0.950 bits per heavy atom. The first kappa shape index (κ1) is 14.0. The van der Waals surface area contributed by atoms with E-state index in [4.69, 9.17) is 0 Å². The van der Waals surface area contributed by atoms with Crippen molar-refractivity contribution in [1.29, 1.82) is 0 Å². The number of carbonyl (C=O) groups is 2. The van der Waals surface area contributed by atoms with Gasteiger partial charge in [0.1, 0.15) is 0 Å². The van der Waals surface area contributed by atoms with Crippen molar-refractivity contribution >= 4 is 17.4 Å². The van der Waals surface area contributed by atoms with Gasteiger partial charge in [-0.05, 0) is 37.1 Å². The maximum absolute atomic E-state index is 11.9. The second-order valence-corrected chi connectivity index (χ2v) is 4.91. The zero-order chi connectivity index (χ0) is 14.5. The van der Waals surface area contributed by atoms with Crippen LogP contribution in [0.3, 0.4) is 0 Å². The molecule has 0 fully saturated rings. The molecular weight excluding hydrogens is 250 g/mol. The monoisotopic (exact) mass is 267 g/mol. The first-order valence-electron chi connectivity index (χ1n) is 6.51. The Kier molecular flexibility index (Phi) is 4.31. The van der Waals surface area contributed by atoms with E-state index in [1.54, 1.807) is 6.07 Å². The molecular formula is C17H17NO2. The number of carbonyl (C=O) groups excluding carboxylic acids is 2. The van der Waals surface area contributed by atoms with Gasteiger partial charge in [-0.15, -0.1) is 0 Å². The van der Waals surface area contributed by atoms with E-state index in [1.165, 1.54) is 0 Å². The summed E-state index contributed by atoms with van der Waals surface area (Å²) < 4.78 is 0. The molecule has 20 heavy (non-hydrogen) atoms. The summed E-state index contributed by atoms with van der Waals surface area (Å²) in [4.78, 5) is 23.8. The van der Waals surface area contributed by atoms with Crippen LogP contribution in [0.4, 0.5) is 5.69 Å². The van der Waals surface area contributed by atoms with Crippen LogP contribution in [0.2, 0.25) is 0 Å². The summed E-state index contributed by atoms with van der Waals surface area (Å²) in [6, 6.07) is 15.0. The van der Waals surface area contributed by atoms with Gasteiger partial charge in [-0.2, -0.15) is 0 Å². The van der Waals surface area contributed by atoms with Gasteiger partial charge in [0, 0.05) is 12.1 Å². The topological polar surface area (TPSA) is 46.2 Å². The number of hydrogen-bond acceptors (Lipinski definition) is 2. The summed E-state index contributed by atoms with van der Waals surface area (Å²) in [5, 5.41) is 2.63. The van der Waals surface area contributed by atoms with Gasteiger partial charge < -0.3 is 5.32 Å². The maximum atomic E-state index is 11.9. The van der Waals surface area contributed by atoms with E-state index in [1.807, 2.05) is 56.3 Å². The van der Waals surface area contributed by atoms with Gasteiger partial charge in [0.05, 0.1) is 0 Å². The molecule has 0 atom stereocenters. The molecule has 3 heteroatoms. The quantitative estimate of drug-likeness (QED) is 0.865. The zero-order valence-corrected chi connectivity index (χ0v) is 11.6. The van der Waals surface area contributed by atoms with Crippen LogP contribution in [0.1, 0.15) is 16.7 Å². The van der Waals surface area contributed by atoms with Crippen molar-refractivity contribution in [3.8, 4) is 0 Å². The lowest BCUT2D eigenvalue weighted by Gasteiger charge is -2.05. The normalized spacial score (nSPS) is 10.1. The number of nitrogens with one attached hydrogen (secondary N) is 1. The third kappa shape index (κ3) is 3.79. The second-order valence-electron chi connectivity index (χ2n) is 4.91. The Morgan fingerprint density at radius 3 is 2.25 bits per heavy atom. The van der Waals surface area contributed by atoms with E-state index < -0.39 is 11.7 Å². The van der Waals surface area contributed by atoms with Gasteiger partial charge in [0.25, 0.3) is 5.91 Å². The Hall–Kier alpha value is -2.42. The summed E-state index contributed by atoms with van der Waals surface area (Å²) in [6.07, 6.45) is 0.124. The summed E-state index contributed by atoms with van der Waals surface area (Å²) in [5.41, 5.74) is 3.62. The minimum atomic E-state index is -0.572. The lowest BCUT2D eigenvalue weighted by atomic mass is 10.1. The SMILES string of the molecule is Cc1cccc(CC(=O)C(=O)Nc2cccc(C)c2)c1. The van der Waals surface area contributed by atoms with Crippen molar-refractivity contribution in [2.75, 3.05) is 5.32 Å². The molecule has 2 aromatic carbocycles. The lowest BCUT2D eigenvalue weighted by Crippen LogP contribution is -2.24. The highest BCUT2D eigenvalue weighted by Gasteiger charge is 2.14. The maximum Gasteiger partial charge on any atom is 0.292 e. The average molecular weight is 267 g/mol. The van der Waals surface area contributed by atoms with Gasteiger partial charge in [0.15, 0.2) is 0 Å². The highest BCUT2D eigenvalue weighted by Crippen LogP contribution is 2.10. The molecule has 0 aliphatic carbocycles. The van der Waals surface area contributed by atoms with E-state index in [0.29, 0.717) is 5.69 Å². The van der Waals surface area contributed by atoms with Crippen molar-refractivity contribution in [3.05, 3.63) is 65.2 Å². The lowest BCUT2D eigenvalue weighted by molar-refractivity contribution is -0.134. The highest BCUT2D eigenvalue weighted by atomic mass is 16.2. The number of ketones is 1. The zero-order valence-electron chi connectivity index (χ0n) is 11.6. The van der Waals surface area contributed by atoms with Crippen LogP contribution in [0.25, 0.3) is 0 Å². The number of Topliss-reactive ketones (excluding diaryl/α,β-unsaturated/α-hetero) is 1. The van der Waals surface area contributed by atoms with Crippen LogP contribution in [0.5, 0.6) is 0 Å². The van der Waals surface area contributed by atoms with Gasteiger partial charge in [-0.1, -0.05) is 42.0 Å². The van der Waals surface area contributed by atoms with E-state index in [9.17, 15) is 9.59 Å². The fourth-order valence-electron chi connectivity index (χ4n) is 2.01. The molecule has 0 heterocycles. The molecule has 3 nitrogen and oxygen atoms in total. The van der Waals surface area contributed by atoms with Crippen molar-refractivity contribution in [3.63, 3.8) is 0 Å². The third-order valence-electron chi connectivity index (χ3n) is 2.98. The summed E-state index contributed by atoms with van der Waals surface area (Å²) >= 11 is 0. The average Bonchev–Trinajstić information content (AvgIpc) is 2.38. The van der Waals surface area contributed by atoms with Crippen molar-refractivity contribution in [1.82, 2.24) is 0 Å². The van der Waals surface area contributed by atoms with Gasteiger partial charge in [-0.3, -0.25) is 9.59 Å². The largest absolute Gasteiger partial charge is 0.319 e. The molecule has 2 aromatic rings. The van der Waals surface area contributed by atoms with Crippen LogP contribution < -0.4 is 5.32 Å². The molecule has 0 aromatic heterocycles. The van der Waals surface area contributed by atoms with Crippen LogP contribution in [-0.2, 0) is 16.0 Å². The fourth-order valence-corrected chi connectivity index (χ4v) is 2.01. The molecule has 102 valence electrons. The van der Waals surface area contributed by atoms with E-state index in [2.05, 4.69) is 5.32 Å². The molecule has 0 unspecified atom stereocenters. The minimum absolute atomic E-state index is 0.124. The number of rotatable bonds is 4. The molecule has 0 aliphatic heterocycles. The standard InChI is InChI=1S/C17H17NO2/c1-12-5-3-7-14(9-12)11-16(19)17(20)18-15-8-4-6-13(2)10-15/h3-10H,11H2,1-2H3,(H,18,20). The van der Waals surface area contributed by atoms with Crippen LogP contribution >= 0.6 is 0 Å². The molecule has 0 spiro atoms. The Bertz CT molecular complexity index is 589. The van der Waals surface area contributed by atoms with Crippen LogP contribution in [-0.4, -0.2) is 11.7 Å². The van der Waals surface area contributed by atoms with Gasteiger partial charge >= 0.3 is 0 Å². The molecule has 0 bridgehead atoms. The molecule has 2 rings (SSSR count). The van der Waals surface area contributed by atoms with Crippen LogP contribution in [0, 0.1) is 13.8 Å². The molecule has 0 saturated carbocycles. The summed E-state index contributed by atoms with van der Waals surface area (Å²) in [7, 11) is 0. The number of hydrogen-bond donors (Lipinski definition) is 1. The minimum Gasteiger partial charge on any atom is -0.319 e. The number of benzene rings is 2. The predicted octanol–water partition coefficient (Wildman–Crippen LogP) is 3.05. The number of amides is 1. The van der Waals surface area contributed by atoms with Crippen LogP contribution in [0.15, 0.2) is 48.5 Å². The second kappa shape index (κ2) is 6.15. The predicted molar refractivity (Wildman–Crippen MR) is 79.7 cm³/mol. The Labute approximate surface area is 118 Å².